The number of rotatable bonds is 9. The largest absolute Gasteiger partial charge is 0.465 e. The van der Waals surface area contributed by atoms with Gasteiger partial charge in [0.25, 0.3) is 0 Å². The van der Waals surface area contributed by atoms with Gasteiger partial charge in [0, 0.05) is 6.54 Å². The zero-order valence-electron chi connectivity index (χ0n) is 11.2. The Bertz CT molecular complexity index is 353. The number of nitrogens with zero attached hydrogens (tertiary/aromatic N) is 1. The summed E-state index contributed by atoms with van der Waals surface area (Å²) in [5.41, 5.74) is 0. The van der Waals surface area contributed by atoms with E-state index in [4.69, 9.17) is 0 Å². The van der Waals surface area contributed by atoms with Crippen molar-refractivity contribution in [2.45, 2.75) is 45.4 Å². The molecule has 0 saturated heterocycles. The Morgan fingerprint density at radius 2 is 2.06 bits per heavy atom. The smallest absolute Gasteiger partial charge is 0.349 e. The molecule has 0 aromatic carbocycles. The summed E-state index contributed by atoms with van der Waals surface area (Å²) in [4.78, 5) is 15.9. The summed E-state index contributed by atoms with van der Waals surface area (Å²) in [5, 5.41) is 4.03. The molecule has 1 N–H and O–H groups in total. The van der Waals surface area contributed by atoms with E-state index in [0.717, 1.165) is 18.1 Å². The maximum Gasteiger partial charge on any atom is 0.349 e. The predicted molar refractivity (Wildman–Crippen MR) is 75.3 cm³/mol. The Balaban J connectivity index is 2.12. The number of hydrogen-bond donors (Lipinski definition) is 1. The first-order valence-electron chi connectivity index (χ1n) is 6.56. The first-order chi connectivity index (χ1) is 8.77. The van der Waals surface area contributed by atoms with Crippen LogP contribution in [0.15, 0.2) is 6.20 Å². The second-order valence-corrected chi connectivity index (χ2v) is 5.25. The van der Waals surface area contributed by atoms with E-state index in [0.29, 0.717) is 4.88 Å². The number of hydrogen-bond acceptors (Lipinski definition) is 5. The number of carbonyl (C=O) groups is 1. The molecule has 0 spiro atoms. The molecule has 0 aliphatic heterocycles. The Labute approximate surface area is 113 Å². The highest BCUT2D eigenvalue weighted by Crippen LogP contribution is 2.18. The van der Waals surface area contributed by atoms with E-state index in [9.17, 15) is 4.79 Å². The van der Waals surface area contributed by atoms with E-state index in [1.54, 1.807) is 6.20 Å². The summed E-state index contributed by atoms with van der Waals surface area (Å²) in [6.07, 6.45) is 9.22. The van der Waals surface area contributed by atoms with E-state index in [1.807, 2.05) is 0 Å². The monoisotopic (exact) mass is 270 g/mol. The van der Waals surface area contributed by atoms with Crippen molar-refractivity contribution in [1.82, 2.24) is 4.98 Å². The molecule has 4 nitrogen and oxygen atoms in total. The van der Waals surface area contributed by atoms with E-state index in [1.165, 1.54) is 50.6 Å². The van der Waals surface area contributed by atoms with Gasteiger partial charge in [0.05, 0.1) is 13.3 Å². The maximum atomic E-state index is 11.2. The molecule has 1 aromatic heterocycles. The number of esters is 1. The lowest BCUT2D eigenvalue weighted by atomic mass is 10.1. The summed E-state index contributed by atoms with van der Waals surface area (Å²) in [6, 6.07) is 0. The van der Waals surface area contributed by atoms with Crippen molar-refractivity contribution in [2.75, 3.05) is 19.0 Å². The molecule has 0 fully saturated rings. The van der Waals surface area contributed by atoms with Gasteiger partial charge in [-0.1, -0.05) is 50.4 Å². The van der Waals surface area contributed by atoms with Crippen molar-refractivity contribution >= 4 is 22.4 Å². The number of methoxy groups -OCH3 is 1. The van der Waals surface area contributed by atoms with Gasteiger partial charge >= 0.3 is 5.97 Å². The van der Waals surface area contributed by atoms with Crippen LogP contribution in [0.25, 0.3) is 0 Å². The fourth-order valence-electron chi connectivity index (χ4n) is 1.65. The fraction of sp³-hybridized carbons (Fsp3) is 0.692. The minimum Gasteiger partial charge on any atom is -0.465 e. The molecule has 0 unspecified atom stereocenters. The number of anilines is 1. The summed E-state index contributed by atoms with van der Waals surface area (Å²) in [5.74, 6) is -0.319. The van der Waals surface area contributed by atoms with Crippen LogP contribution in [0.5, 0.6) is 0 Å². The van der Waals surface area contributed by atoms with Gasteiger partial charge in [0.1, 0.15) is 4.88 Å². The molecule has 0 bridgehead atoms. The molecule has 0 aliphatic rings. The molecule has 0 aliphatic carbocycles. The van der Waals surface area contributed by atoms with Crippen LogP contribution >= 0.6 is 11.3 Å². The van der Waals surface area contributed by atoms with Gasteiger partial charge < -0.3 is 10.1 Å². The summed E-state index contributed by atoms with van der Waals surface area (Å²) >= 11 is 1.34. The van der Waals surface area contributed by atoms with Crippen LogP contribution in [0.4, 0.5) is 5.13 Å². The highest BCUT2D eigenvalue weighted by Gasteiger charge is 2.09. The molecule has 0 amide bonds. The van der Waals surface area contributed by atoms with Gasteiger partial charge in [-0.05, 0) is 6.42 Å². The van der Waals surface area contributed by atoms with E-state index in [-0.39, 0.29) is 5.97 Å². The van der Waals surface area contributed by atoms with Gasteiger partial charge in [0.2, 0.25) is 0 Å². The minimum absolute atomic E-state index is 0.319. The number of nitrogens with one attached hydrogen (secondary N) is 1. The van der Waals surface area contributed by atoms with Crippen LogP contribution in [0.1, 0.15) is 55.1 Å². The van der Waals surface area contributed by atoms with Gasteiger partial charge in [0.15, 0.2) is 5.13 Å². The Morgan fingerprint density at radius 3 is 2.78 bits per heavy atom. The predicted octanol–water partition coefficient (Wildman–Crippen LogP) is 3.70. The zero-order chi connectivity index (χ0) is 13.2. The lowest BCUT2D eigenvalue weighted by Gasteiger charge is -2.02. The quantitative estimate of drug-likeness (QED) is 0.549. The average Bonchev–Trinajstić information content (AvgIpc) is 2.85. The molecule has 1 aromatic rings. The normalized spacial score (nSPS) is 10.3. The second-order valence-electron chi connectivity index (χ2n) is 4.22. The molecular weight excluding hydrogens is 248 g/mol. The van der Waals surface area contributed by atoms with Gasteiger partial charge in [-0.2, -0.15) is 0 Å². The lowest BCUT2D eigenvalue weighted by molar-refractivity contribution is 0.0606. The van der Waals surface area contributed by atoms with Gasteiger partial charge in [-0.3, -0.25) is 0 Å². The highest BCUT2D eigenvalue weighted by atomic mass is 32.1. The summed E-state index contributed by atoms with van der Waals surface area (Å²) < 4.78 is 4.63. The molecule has 1 heterocycles. The van der Waals surface area contributed by atoms with E-state index < -0.39 is 0 Å². The molecule has 5 heteroatoms. The average molecular weight is 270 g/mol. The number of unbranched alkanes of at least 4 members (excludes halogenated alkanes) is 5. The van der Waals surface area contributed by atoms with E-state index in [2.05, 4.69) is 22.0 Å². The Morgan fingerprint density at radius 1 is 1.33 bits per heavy atom. The van der Waals surface area contributed by atoms with Crippen LogP contribution < -0.4 is 5.32 Å². The van der Waals surface area contributed by atoms with Crippen molar-refractivity contribution in [3.8, 4) is 0 Å². The molecule has 0 radical (unpaired) electrons. The first kappa shape index (κ1) is 15.0. The lowest BCUT2D eigenvalue weighted by Crippen LogP contribution is -2.00. The van der Waals surface area contributed by atoms with Crippen LogP contribution in [0, 0.1) is 0 Å². The third-order valence-electron chi connectivity index (χ3n) is 2.70. The van der Waals surface area contributed by atoms with Crippen molar-refractivity contribution in [2.24, 2.45) is 0 Å². The molecule has 18 heavy (non-hydrogen) atoms. The van der Waals surface area contributed by atoms with Gasteiger partial charge in [-0.15, -0.1) is 0 Å². The molecule has 1 rings (SSSR count). The first-order valence-corrected chi connectivity index (χ1v) is 7.37. The number of aromatic nitrogens is 1. The molecule has 102 valence electrons. The SMILES string of the molecule is CCCCCCCCNc1ncc(C(=O)OC)s1. The van der Waals surface area contributed by atoms with Crippen molar-refractivity contribution in [3.05, 3.63) is 11.1 Å². The van der Waals surface area contributed by atoms with Crippen LogP contribution in [-0.4, -0.2) is 24.6 Å². The second kappa shape index (κ2) is 8.91. The van der Waals surface area contributed by atoms with Gasteiger partial charge in [-0.25, -0.2) is 9.78 Å². The van der Waals surface area contributed by atoms with Crippen LogP contribution in [0.3, 0.4) is 0 Å². The molecular formula is C13H22N2O2S. The van der Waals surface area contributed by atoms with Crippen molar-refractivity contribution < 1.29 is 9.53 Å². The summed E-state index contributed by atoms with van der Waals surface area (Å²) in [7, 11) is 1.38. The van der Waals surface area contributed by atoms with Crippen molar-refractivity contribution in [1.29, 1.82) is 0 Å². The summed E-state index contributed by atoms with van der Waals surface area (Å²) in [6.45, 7) is 3.14. The molecule has 0 saturated carbocycles. The zero-order valence-corrected chi connectivity index (χ0v) is 12.0. The minimum atomic E-state index is -0.319. The Kier molecular flexibility index (Phi) is 7.41. The number of thiazole rings is 1. The van der Waals surface area contributed by atoms with E-state index >= 15 is 0 Å². The third kappa shape index (κ3) is 5.49. The number of carbonyl (C=O) groups excluding carboxylic acids is 1. The maximum absolute atomic E-state index is 11.2. The number of ether oxygens (including phenoxy) is 1. The standard InChI is InChI=1S/C13H22N2O2S/c1-3-4-5-6-7-8-9-14-13-15-10-11(18-13)12(16)17-2/h10H,3-9H2,1-2H3,(H,14,15). The fourth-order valence-corrected chi connectivity index (χ4v) is 2.41. The highest BCUT2D eigenvalue weighted by molar-refractivity contribution is 7.17. The topological polar surface area (TPSA) is 51.2 Å². The van der Waals surface area contributed by atoms with Crippen LogP contribution in [0.2, 0.25) is 0 Å². The molecule has 0 atom stereocenters. The Hall–Kier alpha value is -1.10. The van der Waals surface area contributed by atoms with Crippen LogP contribution in [-0.2, 0) is 4.74 Å². The van der Waals surface area contributed by atoms with Crippen molar-refractivity contribution in [3.63, 3.8) is 0 Å². The third-order valence-corrected chi connectivity index (χ3v) is 3.63.